The first kappa shape index (κ1) is 14.8. The Bertz CT molecular complexity index is 397. The van der Waals surface area contributed by atoms with Gasteiger partial charge in [0.2, 0.25) is 11.8 Å². The van der Waals surface area contributed by atoms with Gasteiger partial charge in [0, 0.05) is 6.54 Å². The van der Waals surface area contributed by atoms with Crippen LogP contribution in [-0.2, 0) is 14.4 Å². The number of nitrogens with one attached hydrogen (secondary N) is 2. The molecule has 20 heavy (non-hydrogen) atoms. The van der Waals surface area contributed by atoms with Gasteiger partial charge >= 0.3 is 5.97 Å². The van der Waals surface area contributed by atoms with E-state index in [0.29, 0.717) is 25.8 Å². The van der Waals surface area contributed by atoms with Gasteiger partial charge in [-0.15, -0.1) is 0 Å². The van der Waals surface area contributed by atoms with Gasteiger partial charge in [-0.25, -0.2) is 0 Å². The molecule has 1 heterocycles. The maximum absolute atomic E-state index is 12.3. The Kier molecular flexibility index (Phi) is 4.98. The van der Waals surface area contributed by atoms with Crippen LogP contribution in [-0.4, -0.2) is 35.5 Å². The first-order valence-electron chi connectivity index (χ1n) is 7.40. The number of carboxylic acids is 1. The molecule has 0 aromatic heterocycles. The first-order valence-corrected chi connectivity index (χ1v) is 7.40. The number of amides is 2. The number of carbonyl (C=O) groups is 3. The Labute approximate surface area is 118 Å². The number of rotatable bonds is 3. The Hall–Kier alpha value is -1.59. The van der Waals surface area contributed by atoms with E-state index in [2.05, 4.69) is 10.6 Å². The number of carbonyl (C=O) groups excluding carboxylic acids is 2. The number of hydrogen-bond acceptors (Lipinski definition) is 3. The third-order valence-corrected chi connectivity index (χ3v) is 4.27. The fourth-order valence-electron chi connectivity index (χ4n) is 3.10. The highest BCUT2D eigenvalue weighted by Crippen LogP contribution is 2.30. The largest absolute Gasteiger partial charge is 0.481 e. The highest BCUT2D eigenvalue weighted by Gasteiger charge is 2.37. The van der Waals surface area contributed by atoms with E-state index in [9.17, 15) is 19.5 Å². The molecular weight excluding hydrogens is 260 g/mol. The Morgan fingerprint density at radius 1 is 1.05 bits per heavy atom. The molecule has 1 unspecified atom stereocenters. The van der Waals surface area contributed by atoms with Gasteiger partial charge in [-0.3, -0.25) is 14.4 Å². The quantitative estimate of drug-likeness (QED) is 0.708. The lowest BCUT2D eigenvalue weighted by Crippen LogP contribution is -2.49. The molecule has 112 valence electrons. The Morgan fingerprint density at radius 3 is 2.40 bits per heavy atom. The minimum atomic E-state index is -0.907. The summed E-state index contributed by atoms with van der Waals surface area (Å²) in [5.74, 6) is -2.46. The Morgan fingerprint density at radius 2 is 1.70 bits per heavy atom. The van der Waals surface area contributed by atoms with Gasteiger partial charge < -0.3 is 15.7 Å². The third-order valence-electron chi connectivity index (χ3n) is 4.27. The predicted octanol–water partition coefficient (Wildman–Crippen LogP) is 0.662. The minimum Gasteiger partial charge on any atom is -0.481 e. The Balaban J connectivity index is 1.98. The van der Waals surface area contributed by atoms with Crippen molar-refractivity contribution < 1.29 is 19.5 Å². The maximum atomic E-state index is 12.3. The van der Waals surface area contributed by atoms with Crippen LogP contribution in [0.15, 0.2) is 0 Å². The van der Waals surface area contributed by atoms with Crippen LogP contribution in [0.3, 0.4) is 0 Å². The average Bonchev–Trinajstić information content (AvgIpc) is 2.64. The van der Waals surface area contributed by atoms with Crippen molar-refractivity contribution in [3.8, 4) is 0 Å². The summed E-state index contributed by atoms with van der Waals surface area (Å²) in [5.41, 5.74) is 0. The number of carboxylic acid groups (broad SMARTS) is 1. The zero-order valence-electron chi connectivity index (χ0n) is 11.6. The lowest BCUT2D eigenvalue weighted by Gasteiger charge is -2.28. The standard InChI is InChI=1S/C14H22N2O4/c17-12(9-5-1-2-6-10(9)14(19)20)16-11-7-3-4-8-15-13(11)18/h9-11H,1-8H2,(H,15,18)(H,16,17)(H,19,20)/t9-,10+,11?/m1/s1. The second kappa shape index (κ2) is 6.72. The van der Waals surface area contributed by atoms with Crippen LogP contribution < -0.4 is 10.6 Å². The van der Waals surface area contributed by atoms with Crippen molar-refractivity contribution in [3.05, 3.63) is 0 Å². The molecule has 6 heteroatoms. The molecule has 1 saturated heterocycles. The van der Waals surface area contributed by atoms with Gasteiger partial charge in [0.05, 0.1) is 11.8 Å². The fourth-order valence-corrected chi connectivity index (χ4v) is 3.10. The first-order chi connectivity index (χ1) is 9.59. The van der Waals surface area contributed by atoms with Crippen molar-refractivity contribution >= 4 is 17.8 Å². The summed E-state index contributed by atoms with van der Waals surface area (Å²) in [7, 11) is 0. The van der Waals surface area contributed by atoms with Crippen molar-refractivity contribution in [1.29, 1.82) is 0 Å². The molecule has 2 fully saturated rings. The zero-order chi connectivity index (χ0) is 14.5. The van der Waals surface area contributed by atoms with Crippen LogP contribution in [0, 0.1) is 11.8 Å². The predicted molar refractivity (Wildman–Crippen MR) is 71.9 cm³/mol. The normalized spacial score (nSPS) is 31.0. The molecule has 3 atom stereocenters. The molecule has 2 rings (SSSR count). The SMILES string of the molecule is O=C1NCCCCC1NC(=O)[C@@H]1CCCC[C@@H]1C(=O)O. The summed E-state index contributed by atoms with van der Waals surface area (Å²) in [6.07, 6.45) is 5.29. The second-order valence-electron chi connectivity index (χ2n) is 5.68. The molecule has 0 radical (unpaired) electrons. The summed E-state index contributed by atoms with van der Waals surface area (Å²) in [6, 6.07) is -0.513. The highest BCUT2D eigenvalue weighted by atomic mass is 16.4. The summed E-state index contributed by atoms with van der Waals surface area (Å²) >= 11 is 0. The van der Waals surface area contributed by atoms with Crippen molar-refractivity contribution in [1.82, 2.24) is 10.6 Å². The molecule has 1 aliphatic heterocycles. The smallest absolute Gasteiger partial charge is 0.307 e. The van der Waals surface area contributed by atoms with Crippen LogP contribution in [0.25, 0.3) is 0 Å². The number of hydrogen-bond donors (Lipinski definition) is 3. The van der Waals surface area contributed by atoms with Gasteiger partial charge in [-0.1, -0.05) is 12.8 Å². The molecule has 3 N–H and O–H groups in total. The molecule has 0 aromatic carbocycles. The van der Waals surface area contributed by atoms with Crippen molar-refractivity contribution in [2.75, 3.05) is 6.54 Å². The summed E-state index contributed by atoms with van der Waals surface area (Å²) in [5, 5.41) is 14.7. The van der Waals surface area contributed by atoms with Crippen LogP contribution in [0.2, 0.25) is 0 Å². The van der Waals surface area contributed by atoms with Crippen molar-refractivity contribution in [2.45, 2.75) is 51.0 Å². The van der Waals surface area contributed by atoms with Crippen LogP contribution >= 0.6 is 0 Å². The lowest BCUT2D eigenvalue weighted by molar-refractivity contribution is -0.149. The van der Waals surface area contributed by atoms with E-state index in [1.54, 1.807) is 0 Å². The molecular formula is C14H22N2O4. The molecule has 0 aromatic rings. The summed E-state index contributed by atoms with van der Waals surface area (Å²) in [4.78, 5) is 35.3. The summed E-state index contributed by atoms with van der Waals surface area (Å²) < 4.78 is 0. The molecule has 6 nitrogen and oxygen atoms in total. The van der Waals surface area contributed by atoms with Gasteiger partial charge in [0.25, 0.3) is 0 Å². The van der Waals surface area contributed by atoms with E-state index in [-0.39, 0.29) is 11.8 Å². The van der Waals surface area contributed by atoms with Crippen LogP contribution in [0.5, 0.6) is 0 Å². The average molecular weight is 282 g/mol. The zero-order valence-corrected chi connectivity index (χ0v) is 11.6. The van der Waals surface area contributed by atoms with E-state index in [1.807, 2.05) is 0 Å². The topological polar surface area (TPSA) is 95.5 Å². The van der Waals surface area contributed by atoms with Gasteiger partial charge in [-0.05, 0) is 32.1 Å². The van der Waals surface area contributed by atoms with Crippen molar-refractivity contribution in [2.24, 2.45) is 11.8 Å². The third kappa shape index (κ3) is 3.49. The van der Waals surface area contributed by atoms with E-state index in [1.165, 1.54) is 0 Å². The maximum Gasteiger partial charge on any atom is 0.307 e. The van der Waals surface area contributed by atoms with Crippen molar-refractivity contribution in [3.63, 3.8) is 0 Å². The molecule has 0 spiro atoms. The monoisotopic (exact) mass is 282 g/mol. The second-order valence-corrected chi connectivity index (χ2v) is 5.68. The van der Waals surface area contributed by atoms with E-state index in [0.717, 1.165) is 25.7 Å². The lowest BCUT2D eigenvalue weighted by atomic mass is 9.78. The molecule has 1 saturated carbocycles. The van der Waals surface area contributed by atoms with E-state index in [4.69, 9.17) is 0 Å². The molecule has 0 bridgehead atoms. The van der Waals surface area contributed by atoms with E-state index < -0.39 is 23.8 Å². The highest BCUT2D eigenvalue weighted by molar-refractivity contribution is 5.90. The minimum absolute atomic E-state index is 0.154. The molecule has 1 aliphatic carbocycles. The van der Waals surface area contributed by atoms with Gasteiger partial charge in [0.1, 0.15) is 6.04 Å². The molecule has 2 aliphatic rings. The van der Waals surface area contributed by atoms with Gasteiger partial charge in [0.15, 0.2) is 0 Å². The number of aliphatic carboxylic acids is 1. The van der Waals surface area contributed by atoms with Crippen LogP contribution in [0.1, 0.15) is 44.9 Å². The van der Waals surface area contributed by atoms with E-state index >= 15 is 0 Å². The van der Waals surface area contributed by atoms with Crippen LogP contribution in [0.4, 0.5) is 0 Å². The molecule has 2 amide bonds. The summed E-state index contributed by atoms with van der Waals surface area (Å²) in [6.45, 7) is 0.645. The van der Waals surface area contributed by atoms with Gasteiger partial charge in [-0.2, -0.15) is 0 Å². The fraction of sp³-hybridized carbons (Fsp3) is 0.786.